The van der Waals surface area contributed by atoms with E-state index in [9.17, 15) is 14.7 Å². The predicted molar refractivity (Wildman–Crippen MR) is 78.6 cm³/mol. The van der Waals surface area contributed by atoms with Gasteiger partial charge in [0.25, 0.3) is 11.5 Å². The molecule has 21 heavy (non-hydrogen) atoms. The summed E-state index contributed by atoms with van der Waals surface area (Å²) >= 11 is 0. The van der Waals surface area contributed by atoms with Gasteiger partial charge in [0.1, 0.15) is 5.75 Å². The Morgan fingerprint density at radius 2 is 1.86 bits per heavy atom. The number of carbonyl (C=O) groups is 1. The fourth-order valence-corrected chi connectivity index (χ4v) is 2.23. The van der Waals surface area contributed by atoms with Crippen molar-refractivity contribution in [2.45, 2.75) is 6.92 Å². The molecule has 0 saturated heterocycles. The van der Waals surface area contributed by atoms with E-state index in [1.165, 1.54) is 13.1 Å². The summed E-state index contributed by atoms with van der Waals surface area (Å²) in [4.78, 5) is 29.0. The highest BCUT2D eigenvalue weighted by atomic mass is 16.3. The van der Waals surface area contributed by atoms with Crippen molar-refractivity contribution in [1.82, 2.24) is 9.55 Å². The van der Waals surface area contributed by atoms with Crippen LogP contribution in [0.3, 0.4) is 0 Å². The second kappa shape index (κ2) is 4.86. The lowest BCUT2D eigenvalue weighted by Gasteiger charge is -2.11. The summed E-state index contributed by atoms with van der Waals surface area (Å²) in [6.45, 7) is 1.48. The Hall–Kier alpha value is -2.95. The van der Waals surface area contributed by atoms with Crippen LogP contribution in [0.1, 0.15) is 15.9 Å². The largest absolute Gasteiger partial charge is 0.507 e. The third-order valence-electron chi connectivity index (χ3n) is 3.36. The van der Waals surface area contributed by atoms with Gasteiger partial charge in [-0.2, -0.15) is 0 Å². The first-order chi connectivity index (χ1) is 10.1. The molecule has 0 aliphatic carbocycles. The quantitative estimate of drug-likeness (QED) is 0.741. The summed E-state index contributed by atoms with van der Waals surface area (Å²) in [5, 5.41) is 10.4. The molecule has 0 aliphatic heterocycles. The van der Waals surface area contributed by atoms with E-state index in [0.29, 0.717) is 10.9 Å². The number of pyridine rings is 2. The van der Waals surface area contributed by atoms with Gasteiger partial charge in [-0.3, -0.25) is 9.59 Å². The van der Waals surface area contributed by atoms with Gasteiger partial charge in [0.2, 0.25) is 0 Å². The van der Waals surface area contributed by atoms with Gasteiger partial charge in [-0.05, 0) is 31.2 Å². The summed E-state index contributed by atoms with van der Waals surface area (Å²) in [6, 6.07) is 11.8. The molecule has 0 spiro atoms. The third kappa shape index (κ3) is 1.99. The summed E-state index contributed by atoms with van der Waals surface area (Å²) < 4.78 is 1.000. The van der Waals surface area contributed by atoms with E-state index in [1.807, 2.05) is 0 Å². The fraction of sp³-hybridized carbons (Fsp3) is 0.0625. The monoisotopic (exact) mass is 280 g/mol. The zero-order valence-corrected chi connectivity index (χ0v) is 11.3. The molecular weight excluding hydrogens is 268 g/mol. The Morgan fingerprint density at radius 1 is 1.14 bits per heavy atom. The highest BCUT2D eigenvalue weighted by molar-refractivity contribution is 6.01. The molecule has 1 N–H and O–H groups in total. The molecular formula is C16H12N2O3. The Labute approximate surface area is 120 Å². The van der Waals surface area contributed by atoms with Crippen LogP contribution in [-0.4, -0.2) is 20.6 Å². The minimum absolute atomic E-state index is 0.125. The number of hydrogen-bond donors (Lipinski definition) is 1. The van der Waals surface area contributed by atoms with Gasteiger partial charge < -0.3 is 5.11 Å². The minimum atomic E-state index is -0.562. The van der Waals surface area contributed by atoms with E-state index >= 15 is 0 Å². The second-order valence-corrected chi connectivity index (χ2v) is 4.66. The van der Waals surface area contributed by atoms with Gasteiger partial charge in [0.15, 0.2) is 5.65 Å². The number of carbonyl (C=O) groups excluding carboxylic acids is 1. The number of nitrogens with zero attached hydrogens (tertiary/aromatic N) is 2. The summed E-state index contributed by atoms with van der Waals surface area (Å²) in [5.74, 6) is -0.604. The number of aromatic nitrogens is 2. The van der Waals surface area contributed by atoms with Crippen LogP contribution < -0.4 is 5.56 Å². The van der Waals surface area contributed by atoms with Crippen molar-refractivity contribution < 1.29 is 9.90 Å². The molecule has 0 bridgehead atoms. The molecule has 0 saturated carbocycles. The molecule has 0 fully saturated rings. The van der Waals surface area contributed by atoms with Crippen molar-refractivity contribution in [3.05, 3.63) is 70.1 Å². The van der Waals surface area contributed by atoms with Crippen molar-refractivity contribution in [3.63, 3.8) is 0 Å². The fourth-order valence-electron chi connectivity index (χ4n) is 2.23. The highest BCUT2D eigenvalue weighted by Crippen LogP contribution is 2.24. The van der Waals surface area contributed by atoms with E-state index in [0.717, 1.165) is 4.57 Å². The summed E-state index contributed by atoms with van der Waals surface area (Å²) in [5.41, 5.74) is 0.100. The van der Waals surface area contributed by atoms with Gasteiger partial charge in [-0.1, -0.05) is 18.2 Å². The lowest BCUT2D eigenvalue weighted by Crippen LogP contribution is -2.29. The maximum Gasteiger partial charge on any atom is 0.266 e. The number of benzene rings is 1. The first-order valence-corrected chi connectivity index (χ1v) is 6.40. The molecule has 104 valence electrons. The lowest BCUT2D eigenvalue weighted by molar-refractivity contribution is 0.0960. The van der Waals surface area contributed by atoms with Crippen LogP contribution in [-0.2, 0) is 0 Å². The Morgan fingerprint density at radius 3 is 2.57 bits per heavy atom. The van der Waals surface area contributed by atoms with Crippen molar-refractivity contribution in [3.8, 4) is 5.75 Å². The second-order valence-electron chi connectivity index (χ2n) is 4.66. The van der Waals surface area contributed by atoms with Crippen molar-refractivity contribution >= 4 is 16.9 Å². The number of rotatable bonds is 1. The van der Waals surface area contributed by atoms with Crippen LogP contribution in [0.4, 0.5) is 0 Å². The van der Waals surface area contributed by atoms with Crippen LogP contribution in [0.5, 0.6) is 5.75 Å². The van der Waals surface area contributed by atoms with Crippen molar-refractivity contribution in [1.29, 1.82) is 0 Å². The normalized spacial score (nSPS) is 10.7. The van der Waals surface area contributed by atoms with E-state index in [-0.39, 0.29) is 17.0 Å². The van der Waals surface area contributed by atoms with Gasteiger partial charge >= 0.3 is 0 Å². The van der Waals surface area contributed by atoms with E-state index in [2.05, 4.69) is 4.98 Å². The number of fused-ring (bicyclic) bond motifs is 1. The van der Waals surface area contributed by atoms with Gasteiger partial charge in [-0.15, -0.1) is 0 Å². The van der Waals surface area contributed by atoms with E-state index in [1.54, 1.807) is 42.5 Å². The maximum absolute atomic E-state index is 12.6. The molecule has 1 aromatic carbocycles. The van der Waals surface area contributed by atoms with Crippen LogP contribution in [0, 0.1) is 6.92 Å². The molecule has 2 heterocycles. The molecule has 0 atom stereocenters. The Bertz CT molecular complexity index is 899. The molecule has 2 aromatic heterocycles. The van der Waals surface area contributed by atoms with E-state index in [4.69, 9.17) is 0 Å². The summed E-state index contributed by atoms with van der Waals surface area (Å²) in [6.07, 6.45) is 1.48. The highest BCUT2D eigenvalue weighted by Gasteiger charge is 2.19. The average Bonchev–Trinajstić information content (AvgIpc) is 2.53. The first kappa shape index (κ1) is 13.1. The standard InChI is InChI=1S/C16H12N2O3/c1-10-13(19)12-8-5-9-17-14(12)18(15(10)20)16(21)11-6-3-2-4-7-11/h2-9,19H,1H3. The van der Waals surface area contributed by atoms with Gasteiger partial charge in [0.05, 0.1) is 10.9 Å². The zero-order chi connectivity index (χ0) is 15.0. The van der Waals surface area contributed by atoms with Crippen LogP contribution in [0.15, 0.2) is 53.5 Å². The SMILES string of the molecule is Cc1c(O)c2cccnc2n(C(=O)c2ccccc2)c1=O. The molecule has 3 rings (SSSR count). The lowest BCUT2D eigenvalue weighted by atomic mass is 10.1. The van der Waals surface area contributed by atoms with Crippen molar-refractivity contribution in [2.24, 2.45) is 0 Å². The van der Waals surface area contributed by atoms with Crippen LogP contribution >= 0.6 is 0 Å². The summed E-state index contributed by atoms with van der Waals surface area (Å²) in [7, 11) is 0. The average molecular weight is 280 g/mol. The Balaban J connectivity index is 2.38. The molecule has 3 aromatic rings. The molecule has 0 amide bonds. The van der Waals surface area contributed by atoms with Crippen molar-refractivity contribution in [2.75, 3.05) is 0 Å². The molecule has 5 nitrogen and oxygen atoms in total. The van der Waals surface area contributed by atoms with Gasteiger partial charge in [0, 0.05) is 11.8 Å². The third-order valence-corrected chi connectivity index (χ3v) is 3.36. The zero-order valence-electron chi connectivity index (χ0n) is 11.3. The molecule has 0 radical (unpaired) electrons. The smallest absolute Gasteiger partial charge is 0.266 e. The number of hydrogen-bond acceptors (Lipinski definition) is 4. The Kier molecular flexibility index (Phi) is 3.02. The topological polar surface area (TPSA) is 72.2 Å². The van der Waals surface area contributed by atoms with Crippen LogP contribution in [0.25, 0.3) is 11.0 Å². The molecule has 0 unspecified atom stereocenters. The van der Waals surface area contributed by atoms with E-state index < -0.39 is 11.5 Å². The maximum atomic E-state index is 12.6. The molecule has 5 heteroatoms. The molecule has 0 aliphatic rings. The number of aromatic hydroxyl groups is 1. The first-order valence-electron chi connectivity index (χ1n) is 6.40. The predicted octanol–water partition coefficient (Wildman–Crippen LogP) is 2.10. The van der Waals surface area contributed by atoms with Crippen LogP contribution in [0.2, 0.25) is 0 Å². The minimum Gasteiger partial charge on any atom is -0.507 e. The van der Waals surface area contributed by atoms with Gasteiger partial charge in [-0.25, -0.2) is 9.55 Å².